The Morgan fingerprint density at radius 2 is 2.05 bits per heavy atom. The molecule has 0 unspecified atom stereocenters. The van der Waals surface area contributed by atoms with Gasteiger partial charge in [0.15, 0.2) is 5.82 Å². The van der Waals surface area contributed by atoms with Crippen molar-refractivity contribution in [2.75, 3.05) is 24.7 Å². The summed E-state index contributed by atoms with van der Waals surface area (Å²) in [6, 6.07) is 7.72. The van der Waals surface area contributed by atoms with Crippen molar-refractivity contribution in [3.05, 3.63) is 35.4 Å². The smallest absolute Gasteiger partial charge is 0.345 e. The molecule has 6 heteroatoms. The largest absolute Gasteiger partial charge is 0.465 e. The van der Waals surface area contributed by atoms with E-state index in [9.17, 15) is 4.79 Å². The molecule has 20 heavy (non-hydrogen) atoms. The molecule has 1 aromatic heterocycles. The van der Waals surface area contributed by atoms with E-state index >= 15 is 0 Å². The fourth-order valence-electron chi connectivity index (χ4n) is 1.91. The van der Waals surface area contributed by atoms with Gasteiger partial charge in [0.2, 0.25) is 0 Å². The maximum Gasteiger partial charge on any atom is 0.345 e. The van der Waals surface area contributed by atoms with Gasteiger partial charge in [0.25, 0.3) is 0 Å². The highest BCUT2D eigenvalue weighted by Gasteiger charge is 2.23. The first-order chi connectivity index (χ1) is 9.58. The van der Waals surface area contributed by atoms with Crippen LogP contribution in [-0.2, 0) is 4.74 Å². The number of benzene rings is 1. The lowest BCUT2D eigenvalue weighted by Crippen LogP contribution is -2.09. The van der Waals surface area contributed by atoms with Gasteiger partial charge in [-0.2, -0.15) is 0 Å². The first-order valence-electron chi connectivity index (χ1n) is 6.36. The number of esters is 1. The number of nitrogens with one attached hydrogen (secondary N) is 1. The van der Waals surface area contributed by atoms with Gasteiger partial charge in [-0.15, -0.1) is 5.10 Å². The van der Waals surface area contributed by atoms with Gasteiger partial charge in [0.05, 0.1) is 12.8 Å². The first-order valence-corrected chi connectivity index (χ1v) is 6.36. The molecule has 0 saturated heterocycles. The summed E-state index contributed by atoms with van der Waals surface area (Å²) in [5.74, 6) is 0.186. The molecule has 0 radical (unpaired) electrons. The SMILES string of the molecule is CCNc1nn(-c2ccc(C)cc2)c(N)c1C(=O)OC. The van der Waals surface area contributed by atoms with Crippen LogP contribution in [0.4, 0.5) is 11.6 Å². The maximum absolute atomic E-state index is 11.8. The number of aromatic nitrogens is 2. The van der Waals surface area contributed by atoms with E-state index in [1.807, 2.05) is 38.1 Å². The lowest BCUT2D eigenvalue weighted by molar-refractivity contribution is 0.0603. The molecule has 0 spiro atoms. The van der Waals surface area contributed by atoms with Gasteiger partial charge in [-0.05, 0) is 26.0 Å². The fraction of sp³-hybridized carbons (Fsp3) is 0.286. The summed E-state index contributed by atoms with van der Waals surface area (Å²) in [4.78, 5) is 11.8. The van der Waals surface area contributed by atoms with E-state index in [4.69, 9.17) is 10.5 Å². The van der Waals surface area contributed by atoms with Crippen LogP contribution < -0.4 is 11.1 Å². The van der Waals surface area contributed by atoms with Crippen LogP contribution in [0.5, 0.6) is 0 Å². The summed E-state index contributed by atoms with van der Waals surface area (Å²) in [5.41, 5.74) is 8.23. The highest BCUT2D eigenvalue weighted by Crippen LogP contribution is 2.25. The average molecular weight is 274 g/mol. The van der Waals surface area contributed by atoms with Crippen molar-refractivity contribution in [1.29, 1.82) is 0 Å². The normalized spacial score (nSPS) is 10.3. The molecule has 6 nitrogen and oxygen atoms in total. The molecule has 0 amide bonds. The number of carbonyl (C=O) groups excluding carboxylic acids is 1. The number of methoxy groups -OCH3 is 1. The molecule has 1 heterocycles. The lowest BCUT2D eigenvalue weighted by Gasteiger charge is -2.04. The third kappa shape index (κ3) is 2.45. The van der Waals surface area contributed by atoms with Crippen LogP contribution >= 0.6 is 0 Å². The predicted octanol–water partition coefficient (Wildman–Crippen LogP) is 1.98. The standard InChI is InChI=1S/C14H18N4O2/c1-4-16-13-11(14(19)20-3)12(15)18(17-13)10-7-5-9(2)6-8-10/h5-8H,4,15H2,1-3H3,(H,16,17). The van der Waals surface area contributed by atoms with Gasteiger partial charge in [-0.1, -0.05) is 17.7 Å². The summed E-state index contributed by atoms with van der Waals surface area (Å²) in [5, 5.41) is 7.37. The zero-order valence-corrected chi connectivity index (χ0v) is 11.8. The van der Waals surface area contributed by atoms with Gasteiger partial charge in [-0.25, -0.2) is 9.48 Å². The summed E-state index contributed by atoms with van der Waals surface area (Å²) in [7, 11) is 1.32. The molecule has 0 fully saturated rings. The van der Waals surface area contributed by atoms with Gasteiger partial charge >= 0.3 is 5.97 Å². The van der Waals surface area contributed by atoms with Crippen LogP contribution in [-0.4, -0.2) is 29.4 Å². The number of carbonyl (C=O) groups is 1. The van der Waals surface area contributed by atoms with Crippen molar-refractivity contribution in [1.82, 2.24) is 9.78 Å². The minimum Gasteiger partial charge on any atom is -0.465 e. The molecular weight excluding hydrogens is 256 g/mol. The third-order valence-electron chi connectivity index (χ3n) is 2.93. The number of aryl methyl sites for hydroxylation is 1. The van der Waals surface area contributed by atoms with Gasteiger partial charge < -0.3 is 15.8 Å². The van der Waals surface area contributed by atoms with Crippen LogP contribution in [0.1, 0.15) is 22.8 Å². The Balaban J connectivity index is 2.54. The maximum atomic E-state index is 11.8. The van der Waals surface area contributed by atoms with Crippen LogP contribution in [0, 0.1) is 6.92 Å². The van der Waals surface area contributed by atoms with E-state index in [0.717, 1.165) is 11.3 Å². The second-order valence-electron chi connectivity index (χ2n) is 4.38. The predicted molar refractivity (Wildman–Crippen MR) is 78.2 cm³/mol. The number of nitrogens with two attached hydrogens (primary N) is 1. The third-order valence-corrected chi connectivity index (χ3v) is 2.93. The Bertz CT molecular complexity index is 617. The summed E-state index contributed by atoms with van der Waals surface area (Å²) < 4.78 is 6.29. The molecular formula is C14H18N4O2. The Morgan fingerprint density at radius 1 is 1.40 bits per heavy atom. The van der Waals surface area contributed by atoms with Crippen molar-refractivity contribution in [2.45, 2.75) is 13.8 Å². The van der Waals surface area contributed by atoms with Crippen molar-refractivity contribution in [3.8, 4) is 5.69 Å². The number of anilines is 2. The van der Waals surface area contributed by atoms with E-state index < -0.39 is 5.97 Å². The highest BCUT2D eigenvalue weighted by atomic mass is 16.5. The number of hydrogen-bond acceptors (Lipinski definition) is 5. The number of rotatable bonds is 4. The highest BCUT2D eigenvalue weighted by molar-refractivity contribution is 5.99. The molecule has 0 aliphatic rings. The molecule has 2 rings (SSSR count). The van der Waals surface area contributed by atoms with E-state index in [2.05, 4.69) is 10.4 Å². The number of hydrogen-bond donors (Lipinski definition) is 2. The van der Waals surface area contributed by atoms with Crippen LogP contribution in [0.25, 0.3) is 5.69 Å². The Kier molecular flexibility index (Phi) is 3.93. The lowest BCUT2D eigenvalue weighted by atomic mass is 10.2. The minimum atomic E-state index is -0.503. The molecule has 0 aliphatic heterocycles. The van der Waals surface area contributed by atoms with Crippen molar-refractivity contribution >= 4 is 17.6 Å². The van der Waals surface area contributed by atoms with Crippen molar-refractivity contribution in [3.63, 3.8) is 0 Å². The van der Waals surface area contributed by atoms with Crippen molar-refractivity contribution < 1.29 is 9.53 Å². The molecule has 1 aromatic carbocycles. The number of nitrogens with zero attached hydrogens (tertiary/aromatic N) is 2. The molecule has 2 aromatic rings. The zero-order chi connectivity index (χ0) is 14.7. The van der Waals surface area contributed by atoms with Crippen LogP contribution in [0.2, 0.25) is 0 Å². The van der Waals surface area contributed by atoms with E-state index in [1.165, 1.54) is 11.8 Å². The Morgan fingerprint density at radius 3 is 2.60 bits per heavy atom. The van der Waals surface area contributed by atoms with Gasteiger partial charge in [-0.3, -0.25) is 0 Å². The molecule has 0 atom stereocenters. The van der Waals surface area contributed by atoms with Crippen molar-refractivity contribution in [2.24, 2.45) is 0 Å². The second-order valence-corrected chi connectivity index (χ2v) is 4.38. The quantitative estimate of drug-likeness (QED) is 0.833. The zero-order valence-electron chi connectivity index (χ0n) is 11.8. The fourth-order valence-corrected chi connectivity index (χ4v) is 1.91. The van der Waals surface area contributed by atoms with Gasteiger partial charge in [0.1, 0.15) is 11.4 Å². The molecule has 106 valence electrons. The Hall–Kier alpha value is -2.50. The average Bonchev–Trinajstić information content (AvgIpc) is 2.76. The van der Waals surface area contributed by atoms with Crippen LogP contribution in [0.15, 0.2) is 24.3 Å². The molecule has 0 saturated carbocycles. The topological polar surface area (TPSA) is 82.2 Å². The molecule has 0 aliphatic carbocycles. The van der Waals surface area contributed by atoms with Crippen LogP contribution in [0.3, 0.4) is 0 Å². The minimum absolute atomic E-state index is 0.259. The summed E-state index contributed by atoms with van der Waals surface area (Å²) in [6.45, 7) is 4.55. The number of nitrogen functional groups attached to an aromatic ring is 1. The van der Waals surface area contributed by atoms with E-state index in [1.54, 1.807) is 0 Å². The van der Waals surface area contributed by atoms with E-state index in [0.29, 0.717) is 12.4 Å². The molecule has 3 N–H and O–H groups in total. The van der Waals surface area contributed by atoms with Gasteiger partial charge in [0, 0.05) is 6.54 Å². The second kappa shape index (κ2) is 5.64. The summed E-state index contributed by atoms with van der Waals surface area (Å²) in [6.07, 6.45) is 0. The van der Waals surface area contributed by atoms with E-state index in [-0.39, 0.29) is 11.4 Å². The number of ether oxygens (including phenoxy) is 1. The monoisotopic (exact) mass is 274 g/mol. The summed E-state index contributed by atoms with van der Waals surface area (Å²) >= 11 is 0. The Labute approximate surface area is 117 Å². The first kappa shape index (κ1) is 13.9. The molecule has 0 bridgehead atoms.